The van der Waals surface area contributed by atoms with Crippen LogP contribution in [0.1, 0.15) is 76.0 Å². The zero-order chi connectivity index (χ0) is 33.3. The van der Waals surface area contributed by atoms with E-state index in [0.29, 0.717) is 6.26 Å². The quantitative estimate of drug-likeness (QED) is 0.194. The Morgan fingerprint density at radius 3 is 0.930 bits per heavy atom. The minimum absolute atomic E-state index is 0.604. The summed E-state index contributed by atoms with van der Waals surface area (Å²) in [7, 11) is -9.08. The first-order chi connectivity index (χ1) is 20.0. The van der Waals surface area contributed by atoms with E-state index in [1.807, 2.05) is 0 Å². The molecule has 0 aromatic carbocycles. The van der Waals surface area contributed by atoms with Gasteiger partial charge in [-0.2, -0.15) is 0 Å². The van der Waals surface area contributed by atoms with E-state index >= 15 is 0 Å². The van der Waals surface area contributed by atoms with Crippen LogP contribution in [-0.2, 0) is 40.2 Å². The van der Waals surface area contributed by atoms with Crippen molar-refractivity contribution in [3.8, 4) is 0 Å². The molecule has 0 N–H and O–H groups in total. The van der Waals surface area contributed by atoms with Gasteiger partial charge in [-0.15, -0.1) is 0 Å². The summed E-state index contributed by atoms with van der Waals surface area (Å²) in [6, 6.07) is 12.7. The van der Waals surface area contributed by atoms with Gasteiger partial charge >= 0.3 is 0 Å². The van der Waals surface area contributed by atoms with Gasteiger partial charge in [0, 0.05) is 70.8 Å². The molecule has 10 nitrogen and oxygen atoms in total. The molecule has 244 valence electrons. The standard InChI is InChI=1S/3C10H16N.CH4O3S.H2O4S/c3*1-3-4-7-11-8-5-6-10(2)9-11;2*1-5(2,3)4/h3*5-6,8-9H,3-4,7H2,1-2H3;1H3,(H,2,3,4);(H2,1,2,3,4)/q3*+1;;/p-3. The highest BCUT2D eigenvalue weighted by atomic mass is 32.3. The van der Waals surface area contributed by atoms with Gasteiger partial charge in [0.1, 0.15) is 19.6 Å². The average Bonchev–Trinajstić information content (AvgIpc) is 2.89. The van der Waals surface area contributed by atoms with E-state index in [4.69, 9.17) is 30.5 Å². The summed E-state index contributed by atoms with van der Waals surface area (Å²) in [5.41, 5.74) is 4.01. The Morgan fingerprint density at radius 1 is 0.558 bits per heavy atom. The van der Waals surface area contributed by atoms with Gasteiger partial charge in [-0.3, -0.25) is 8.42 Å². The van der Waals surface area contributed by atoms with Gasteiger partial charge in [-0.05, 0) is 39.0 Å². The van der Waals surface area contributed by atoms with Crippen molar-refractivity contribution in [2.45, 2.75) is 99.7 Å². The third-order valence-corrected chi connectivity index (χ3v) is 5.33. The van der Waals surface area contributed by atoms with Crippen molar-refractivity contribution in [2.75, 3.05) is 6.26 Å². The molecule has 0 radical (unpaired) electrons. The summed E-state index contributed by atoms with van der Waals surface area (Å²) in [5.74, 6) is 0. The molecule has 0 saturated heterocycles. The summed E-state index contributed by atoms with van der Waals surface area (Å²) in [5, 5.41) is 0. The molecule has 0 aliphatic heterocycles. The molecule has 0 atom stereocenters. The summed E-state index contributed by atoms with van der Waals surface area (Å²) in [6.07, 6.45) is 21.2. The number of aryl methyl sites for hydroxylation is 6. The molecule has 0 amide bonds. The number of hydrogen-bond donors (Lipinski definition) is 0. The molecule has 0 fully saturated rings. The van der Waals surface area contributed by atoms with Gasteiger partial charge in [0.2, 0.25) is 0 Å². The average molecular weight is 642 g/mol. The number of pyridine rings is 3. The maximum Gasteiger partial charge on any atom is 0.171 e. The second-order valence-electron chi connectivity index (χ2n) is 10.0. The molecular weight excluding hydrogens is 590 g/mol. The summed E-state index contributed by atoms with van der Waals surface area (Å²) in [4.78, 5) is 0. The molecule has 3 aromatic heterocycles. The number of unbranched alkanes of at least 4 members (excludes halogenated alkanes) is 3. The van der Waals surface area contributed by atoms with Gasteiger partial charge in [-0.25, -0.2) is 22.1 Å². The smallest absolute Gasteiger partial charge is 0.171 e. The first kappa shape index (κ1) is 42.4. The van der Waals surface area contributed by atoms with Crippen LogP contribution in [0.4, 0.5) is 0 Å². The van der Waals surface area contributed by atoms with E-state index in [-0.39, 0.29) is 0 Å². The molecule has 0 bridgehead atoms. The lowest BCUT2D eigenvalue weighted by Crippen LogP contribution is -2.32. The topological polar surface area (TPSA) is 149 Å². The zero-order valence-corrected chi connectivity index (χ0v) is 28.4. The third kappa shape index (κ3) is 35.3. The molecule has 0 aliphatic carbocycles. The number of rotatable bonds is 9. The fraction of sp³-hybridized carbons (Fsp3) is 0.516. The van der Waals surface area contributed by atoms with E-state index in [0.717, 1.165) is 19.6 Å². The lowest BCUT2D eigenvalue weighted by Gasteiger charge is -2.06. The molecule has 3 aromatic rings. The molecule has 3 rings (SSSR count). The van der Waals surface area contributed by atoms with Gasteiger partial charge in [0.25, 0.3) is 0 Å². The van der Waals surface area contributed by atoms with Crippen molar-refractivity contribution < 1.29 is 44.2 Å². The second-order valence-corrected chi connectivity index (χ2v) is 12.3. The Hall–Kier alpha value is -2.77. The highest BCUT2D eigenvalue weighted by molar-refractivity contribution is 7.84. The van der Waals surface area contributed by atoms with Crippen molar-refractivity contribution in [3.63, 3.8) is 0 Å². The Labute approximate surface area is 260 Å². The third-order valence-electron chi connectivity index (χ3n) is 5.33. The van der Waals surface area contributed by atoms with Crippen LogP contribution in [0.5, 0.6) is 0 Å². The van der Waals surface area contributed by atoms with Crippen molar-refractivity contribution in [1.82, 2.24) is 0 Å². The van der Waals surface area contributed by atoms with Crippen molar-refractivity contribution in [1.29, 1.82) is 0 Å². The number of hydrogen-bond acceptors (Lipinski definition) is 7. The van der Waals surface area contributed by atoms with Crippen LogP contribution in [0, 0.1) is 20.8 Å². The molecular formula is C31H51N3O7S2. The number of aromatic nitrogens is 3. The first-order valence-electron chi connectivity index (χ1n) is 14.4. The van der Waals surface area contributed by atoms with Crippen LogP contribution in [0.15, 0.2) is 73.6 Å². The summed E-state index contributed by atoms with van der Waals surface area (Å²) < 4.78 is 68.1. The predicted molar refractivity (Wildman–Crippen MR) is 165 cm³/mol. The predicted octanol–water partition coefficient (Wildman–Crippen LogP) is 4.07. The van der Waals surface area contributed by atoms with Crippen LogP contribution in [0.3, 0.4) is 0 Å². The highest BCUT2D eigenvalue weighted by Crippen LogP contribution is 1.93. The maximum atomic E-state index is 9.08. The van der Waals surface area contributed by atoms with Crippen LogP contribution in [0.2, 0.25) is 0 Å². The molecule has 12 heteroatoms. The van der Waals surface area contributed by atoms with Crippen LogP contribution in [-0.4, -0.2) is 36.7 Å². The number of nitrogens with zero attached hydrogens (tertiary/aromatic N) is 3. The molecule has 3 heterocycles. The van der Waals surface area contributed by atoms with Crippen LogP contribution in [0.25, 0.3) is 0 Å². The Kier molecular flexibility index (Phi) is 24.3. The van der Waals surface area contributed by atoms with E-state index in [9.17, 15) is 0 Å². The minimum Gasteiger partial charge on any atom is -0.759 e. The van der Waals surface area contributed by atoms with E-state index in [1.165, 1.54) is 55.2 Å². The second kappa shape index (κ2) is 24.6. The fourth-order valence-corrected chi connectivity index (χ4v) is 3.40. The summed E-state index contributed by atoms with van der Waals surface area (Å²) in [6.45, 7) is 16.5. The van der Waals surface area contributed by atoms with Crippen LogP contribution >= 0.6 is 0 Å². The van der Waals surface area contributed by atoms with E-state index < -0.39 is 20.5 Å². The van der Waals surface area contributed by atoms with Crippen molar-refractivity contribution in [3.05, 3.63) is 90.3 Å². The Bertz CT molecular complexity index is 1190. The summed E-state index contributed by atoms with van der Waals surface area (Å²) >= 11 is 0. The molecule has 0 spiro atoms. The van der Waals surface area contributed by atoms with Crippen LogP contribution < -0.4 is 13.7 Å². The molecule has 0 unspecified atom stereocenters. The lowest BCUT2D eigenvalue weighted by atomic mass is 10.3. The molecule has 0 saturated carbocycles. The van der Waals surface area contributed by atoms with Gasteiger partial charge in [0.15, 0.2) is 37.2 Å². The van der Waals surface area contributed by atoms with Gasteiger partial charge in [-0.1, -0.05) is 40.0 Å². The monoisotopic (exact) mass is 641 g/mol. The molecule has 0 aliphatic rings. The SMILES string of the molecule is CCCC[n+]1cccc(C)c1.CCCC[n+]1cccc(C)c1.CCCC[n+]1cccc(C)c1.CS(=O)(=O)[O-].O=S(=O)([O-])[O-]. The minimum atomic E-state index is -5.17. The fourth-order valence-electron chi connectivity index (χ4n) is 3.40. The Balaban J connectivity index is 0. The largest absolute Gasteiger partial charge is 0.759 e. The van der Waals surface area contributed by atoms with Crippen molar-refractivity contribution in [2.24, 2.45) is 0 Å². The van der Waals surface area contributed by atoms with Gasteiger partial charge in [0.05, 0.1) is 10.1 Å². The van der Waals surface area contributed by atoms with E-state index in [1.54, 1.807) is 0 Å². The first-order valence-corrected chi connectivity index (χ1v) is 17.6. The zero-order valence-electron chi connectivity index (χ0n) is 26.8. The Morgan fingerprint density at radius 2 is 0.767 bits per heavy atom. The lowest BCUT2D eigenvalue weighted by molar-refractivity contribution is -0.697. The normalized spacial score (nSPS) is 10.4. The highest BCUT2D eigenvalue weighted by Gasteiger charge is 1.99. The van der Waals surface area contributed by atoms with Gasteiger partial charge < -0.3 is 13.7 Å². The maximum absolute atomic E-state index is 9.08. The molecule has 43 heavy (non-hydrogen) atoms. The van der Waals surface area contributed by atoms with E-state index in [2.05, 4.69) is 129 Å². The van der Waals surface area contributed by atoms with Crippen molar-refractivity contribution >= 4 is 20.5 Å².